The standard InChI is InChI=1S/C23H28N2O4/c1-15(2)19(25-20(26)17-10-8-9-16(3)13-17)21(27)24-14-23(4,22(28)29)18-11-6-5-7-12-18/h5-13,15,19H,14H2,1-4H3,(H,24,27)(H,25,26)(H,28,29). The number of nitrogens with one attached hydrogen (secondary N) is 2. The van der Waals surface area contributed by atoms with Crippen molar-refractivity contribution in [2.45, 2.75) is 39.2 Å². The largest absolute Gasteiger partial charge is 0.481 e. The highest BCUT2D eigenvalue weighted by Gasteiger charge is 2.36. The van der Waals surface area contributed by atoms with E-state index >= 15 is 0 Å². The number of hydrogen-bond donors (Lipinski definition) is 3. The summed E-state index contributed by atoms with van der Waals surface area (Å²) in [4.78, 5) is 37.3. The van der Waals surface area contributed by atoms with E-state index < -0.39 is 23.3 Å². The van der Waals surface area contributed by atoms with Crippen molar-refractivity contribution in [1.82, 2.24) is 10.6 Å². The van der Waals surface area contributed by atoms with Gasteiger partial charge in [-0.3, -0.25) is 14.4 Å². The Kier molecular flexibility index (Phi) is 7.15. The molecule has 154 valence electrons. The molecule has 0 saturated heterocycles. The summed E-state index contributed by atoms with van der Waals surface area (Å²) in [6, 6.07) is 15.1. The molecule has 6 heteroatoms. The molecule has 0 saturated carbocycles. The zero-order valence-corrected chi connectivity index (χ0v) is 17.2. The number of aryl methyl sites for hydroxylation is 1. The molecule has 0 heterocycles. The third-order valence-corrected chi connectivity index (χ3v) is 5.02. The van der Waals surface area contributed by atoms with Crippen molar-refractivity contribution in [2.75, 3.05) is 6.54 Å². The maximum Gasteiger partial charge on any atom is 0.315 e. The van der Waals surface area contributed by atoms with E-state index in [0.29, 0.717) is 11.1 Å². The maximum atomic E-state index is 12.8. The lowest BCUT2D eigenvalue weighted by molar-refractivity contribution is -0.143. The van der Waals surface area contributed by atoms with Crippen LogP contribution in [-0.2, 0) is 15.0 Å². The SMILES string of the molecule is Cc1cccc(C(=O)NC(C(=O)NCC(C)(C(=O)O)c2ccccc2)C(C)C)c1. The normalized spacial score (nSPS) is 14.0. The van der Waals surface area contributed by atoms with Crippen molar-refractivity contribution in [2.24, 2.45) is 5.92 Å². The van der Waals surface area contributed by atoms with E-state index in [-0.39, 0.29) is 18.4 Å². The Hall–Kier alpha value is -3.15. The second-order valence-corrected chi connectivity index (χ2v) is 7.79. The van der Waals surface area contributed by atoms with Crippen LogP contribution in [0.15, 0.2) is 54.6 Å². The molecule has 0 radical (unpaired) electrons. The van der Waals surface area contributed by atoms with Crippen molar-refractivity contribution < 1.29 is 19.5 Å². The minimum atomic E-state index is -1.28. The van der Waals surface area contributed by atoms with Crippen LogP contribution in [0.2, 0.25) is 0 Å². The molecule has 0 aliphatic carbocycles. The van der Waals surface area contributed by atoms with Crippen molar-refractivity contribution in [3.63, 3.8) is 0 Å². The molecule has 2 aromatic carbocycles. The Bertz CT molecular complexity index is 879. The first kappa shape index (κ1) is 22.1. The Morgan fingerprint density at radius 1 is 1.03 bits per heavy atom. The van der Waals surface area contributed by atoms with Gasteiger partial charge in [0.05, 0.1) is 0 Å². The molecular formula is C23H28N2O4. The molecule has 2 atom stereocenters. The predicted octanol–water partition coefficient (Wildman–Crippen LogP) is 2.91. The lowest BCUT2D eigenvalue weighted by atomic mass is 9.82. The average molecular weight is 396 g/mol. The molecule has 2 rings (SSSR count). The molecule has 2 aromatic rings. The van der Waals surface area contributed by atoms with Crippen LogP contribution in [0.3, 0.4) is 0 Å². The van der Waals surface area contributed by atoms with Gasteiger partial charge in [-0.1, -0.05) is 61.9 Å². The van der Waals surface area contributed by atoms with Crippen molar-refractivity contribution in [1.29, 1.82) is 0 Å². The summed E-state index contributed by atoms with van der Waals surface area (Å²) < 4.78 is 0. The minimum absolute atomic E-state index is 0.0886. The number of hydrogen-bond acceptors (Lipinski definition) is 3. The van der Waals surface area contributed by atoms with E-state index in [2.05, 4.69) is 10.6 Å². The number of carbonyl (C=O) groups is 3. The third kappa shape index (κ3) is 5.44. The third-order valence-electron chi connectivity index (χ3n) is 5.02. The monoisotopic (exact) mass is 396 g/mol. The fourth-order valence-electron chi connectivity index (χ4n) is 3.03. The van der Waals surface area contributed by atoms with Crippen LogP contribution in [0.4, 0.5) is 0 Å². The molecule has 29 heavy (non-hydrogen) atoms. The smallest absolute Gasteiger partial charge is 0.315 e. The van der Waals surface area contributed by atoms with Gasteiger partial charge in [-0.15, -0.1) is 0 Å². The summed E-state index contributed by atoms with van der Waals surface area (Å²) >= 11 is 0. The second kappa shape index (κ2) is 9.37. The number of carboxylic acids is 1. The van der Waals surface area contributed by atoms with Crippen LogP contribution in [0, 0.1) is 12.8 Å². The van der Waals surface area contributed by atoms with E-state index in [1.54, 1.807) is 55.5 Å². The molecule has 0 aromatic heterocycles. The van der Waals surface area contributed by atoms with Crippen LogP contribution >= 0.6 is 0 Å². The molecule has 0 bridgehead atoms. The number of carbonyl (C=O) groups excluding carboxylic acids is 2. The number of benzene rings is 2. The quantitative estimate of drug-likeness (QED) is 0.639. The highest BCUT2D eigenvalue weighted by atomic mass is 16.4. The summed E-state index contributed by atoms with van der Waals surface area (Å²) in [6.45, 7) is 7.03. The predicted molar refractivity (Wildman–Crippen MR) is 112 cm³/mol. The highest BCUT2D eigenvalue weighted by Crippen LogP contribution is 2.23. The van der Waals surface area contributed by atoms with Gasteiger partial charge in [0.15, 0.2) is 0 Å². The number of carboxylic acid groups (broad SMARTS) is 1. The first-order chi connectivity index (χ1) is 13.6. The molecule has 0 spiro atoms. The van der Waals surface area contributed by atoms with Gasteiger partial charge in [-0.2, -0.15) is 0 Å². The summed E-state index contributed by atoms with van der Waals surface area (Å²) in [7, 11) is 0. The molecule has 2 amide bonds. The van der Waals surface area contributed by atoms with Crippen molar-refractivity contribution in [3.8, 4) is 0 Å². The van der Waals surface area contributed by atoms with Crippen molar-refractivity contribution >= 4 is 17.8 Å². The Balaban J connectivity index is 2.13. The summed E-state index contributed by atoms with van der Waals surface area (Å²) in [5.74, 6) is -1.96. The Labute approximate surface area is 171 Å². The molecule has 3 N–H and O–H groups in total. The van der Waals surface area contributed by atoms with Gasteiger partial charge in [0.1, 0.15) is 11.5 Å². The molecule has 2 unspecified atom stereocenters. The van der Waals surface area contributed by atoms with Gasteiger partial charge >= 0.3 is 5.97 Å². The van der Waals surface area contributed by atoms with Crippen molar-refractivity contribution in [3.05, 3.63) is 71.3 Å². The first-order valence-electron chi connectivity index (χ1n) is 9.59. The topological polar surface area (TPSA) is 95.5 Å². The lowest BCUT2D eigenvalue weighted by Crippen LogP contribution is -2.53. The van der Waals surface area contributed by atoms with Crippen LogP contribution < -0.4 is 10.6 Å². The minimum Gasteiger partial charge on any atom is -0.481 e. The van der Waals surface area contributed by atoms with Crippen LogP contribution in [0.25, 0.3) is 0 Å². The Morgan fingerprint density at radius 3 is 2.24 bits per heavy atom. The summed E-state index contributed by atoms with van der Waals surface area (Å²) in [5.41, 5.74) is 0.739. The number of rotatable bonds is 8. The second-order valence-electron chi connectivity index (χ2n) is 7.79. The van der Waals surface area contributed by atoms with Gasteiger partial charge in [-0.25, -0.2) is 0 Å². The molecule has 0 aliphatic heterocycles. The summed E-state index contributed by atoms with van der Waals surface area (Å²) in [5, 5.41) is 15.2. The van der Waals surface area contributed by atoms with Crippen LogP contribution in [0.5, 0.6) is 0 Å². The van der Waals surface area contributed by atoms with Gasteiger partial charge in [-0.05, 0) is 37.5 Å². The van der Waals surface area contributed by atoms with Gasteiger partial charge in [0.25, 0.3) is 5.91 Å². The fourth-order valence-corrected chi connectivity index (χ4v) is 3.03. The maximum absolute atomic E-state index is 12.8. The van der Waals surface area contributed by atoms with E-state index in [9.17, 15) is 19.5 Å². The summed E-state index contributed by atoms with van der Waals surface area (Å²) in [6.07, 6.45) is 0. The number of aliphatic carboxylic acids is 1. The van der Waals surface area contributed by atoms with E-state index in [1.165, 1.54) is 0 Å². The van der Waals surface area contributed by atoms with Crippen LogP contribution in [-0.4, -0.2) is 35.5 Å². The zero-order valence-electron chi connectivity index (χ0n) is 17.2. The lowest BCUT2D eigenvalue weighted by Gasteiger charge is -2.28. The van der Waals surface area contributed by atoms with Gasteiger partial charge < -0.3 is 15.7 Å². The average Bonchev–Trinajstić information content (AvgIpc) is 2.70. The van der Waals surface area contributed by atoms with E-state index in [0.717, 1.165) is 5.56 Å². The van der Waals surface area contributed by atoms with Gasteiger partial charge in [0, 0.05) is 12.1 Å². The first-order valence-corrected chi connectivity index (χ1v) is 9.59. The molecular weight excluding hydrogens is 368 g/mol. The van der Waals surface area contributed by atoms with E-state index in [1.807, 2.05) is 26.8 Å². The fraction of sp³-hybridized carbons (Fsp3) is 0.348. The highest BCUT2D eigenvalue weighted by molar-refractivity contribution is 5.97. The molecule has 6 nitrogen and oxygen atoms in total. The molecule has 0 fully saturated rings. The van der Waals surface area contributed by atoms with E-state index in [4.69, 9.17) is 0 Å². The molecule has 0 aliphatic rings. The van der Waals surface area contributed by atoms with Gasteiger partial charge in [0.2, 0.25) is 5.91 Å². The number of amides is 2. The Morgan fingerprint density at radius 2 is 1.69 bits per heavy atom. The zero-order chi connectivity index (χ0) is 21.6. The van der Waals surface area contributed by atoms with Crippen LogP contribution in [0.1, 0.15) is 42.3 Å².